The quantitative estimate of drug-likeness (QED) is 0.739. The second-order valence-corrected chi connectivity index (χ2v) is 7.42. The number of ether oxygens (including phenoxy) is 1. The highest BCUT2D eigenvalue weighted by molar-refractivity contribution is 5.96. The summed E-state index contributed by atoms with van der Waals surface area (Å²) in [6, 6.07) is 0.994. The maximum atomic E-state index is 12.6. The minimum Gasteiger partial charge on any atom is -0.507 e. The van der Waals surface area contributed by atoms with Gasteiger partial charge in [-0.05, 0) is 6.42 Å². The van der Waals surface area contributed by atoms with Crippen molar-refractivity contribution >= 4 is 12.0 Å². The average molecular weight is 377 g/mol. The van der Waals surface area contributed by atoms with Crippen LogP contribution in [0.5, 0.6) is 5.75 Å². The van der Waals surface area contributed by atoms with Gasteiger partial charge in [0.15, 0.2) is 0 Å². The molecule has 3 rings (SSSR count). The topological polar surface area (TPSA) is 103 Å². The van der Waals surface area contributed by atoms with E-state index in [1.807, 2.05) is 0 Å². The van der Waals surface area contributed by atoms with Crippen LogP contribution in [0.25, 0.3) is 0 Å². The van der Waals surface area contributed by atoms with Gasteiger partial charge in [-0.25, -0.2) is 4.79 Å². The largest absolute Gasteiger partial charge is 0.507 e. The molecule has 0 aliphatic carbocycles. The van der Waals surface area contributed by atoms with Gasteiger partial charge in [-0.1, -0.05) is 26.2 Å². The molecule has 148 valence electrons. The van der Waals surface area contributed by atoms with Crippen LogP contribution in [0.3, 0.4) is 0 Å². The lowest BCUT2D eigenvalue weighted by Crippen LogP contribution is -2.48. The van der Waals surface area contributed by atoms with Gasteiger partial charge in [-0.3, -0.25) is 9.59 Å². The van der Waals surface area contributed by atoms with Crippen LogP contribution in [0.1, 0.15) is 55.8 Å². The van der Waals surface area contributed by atoms with Gasteiger partial charge in [0, 0.05) is 44.7 Å². The van der Waals surface area contributed by atoms with E-state index in [4.69, 9.17) is 4.74 Å². The van der Waals surface area contributed by atoms with Crippen LogP contribution in [0.15, 0.2) is 17.1 Å². The van der Waals surface area contributed by atoms with Gasteiger partial charge in [-0.15, -0.1) is 0 Å². The molecule has 27 heavy (non-hydrogen) atoms. The number of carbonyl (C=O) groups is 2. The number of likely N-dealkylation sites (tertiary alicyclic amines) is 1. The number of hydrogen-bond acceptors (Lipinski definition) is 5. The number of unbranched alkanes of at least 4 members (excludes halogenated alkanes) is 3. The minimum atomic E-state index is -0.522. The van der Waals surface area contributed by atoms with E-state index in [-0.39, 0.29) is 23.3 Å². The lowest BCUT2D eigenvalue weighted by Gasteiger charge is -2.37. The Morgan fingerprint density at radius 1 is 1.26 bits per heavy atom. The molecule has 2 saturated heterocycles. The van der Waals surface area contributed by atoms with Gasteiger partial charge < -0.3 is 24.6 Å². The fourth-order valence-corrected chi connectivity index (χ4v) is 3.77. The molecule has 0 aromatic carbocycles. The first-order valence-electron chi connectivity index (χ1n) is 9.63. The van der Waals surface area contributed by atoms with Crippen molar-refractivity contribution in [3.8, 4) is 5.75 Å². The Morgan fingerprint density at radius 3 is 2.67 bits per heavy atom. The molecule has 2 amide bonds. The lowest BCUT2D eigenvalue weighted by atomic mass is 9.91. The highest BCUT2D eigenvalue weighted by Gasteiger charge is 2.47. The van der Waals surface area contributed by atoms with E-state index >= 15 is 0 Å². The van der Waals surface area contributed by atoms with Crippen LogP contribution in [0, 0.1) is 0 Å². The fraction of sp³-hybridized carbons (Fsp3) is 0.632. The van der Waals surface area contributed by atoms with Crippen LogP contribution in [-0.4, -0.2) is 63.7 Å². The Hall–Kier alpha value is -2.51. The van der Waals surface area contributed by atoms with Gasteiger partial charge in [0.25, 0.3) is 11.5 Å². The number of H-pyrrole nitrogens is 1. The van der Waals surface area contributed by atoms with Gasteiger partial charge in [-0.2, -0.15) is 0 Å². The van der Waals surface area contributed by atoms with Crippen molar-refractivity contribution in [1.29, 1.82) is 0 Å². The Morgan fingerprint density at radius 2 is 2.00 bits per heavy atom. The molecule has 2 aliphatic heterocycles. The molecule has 0 saturated carbocycles. The predicted octanol–water partition coefficient (Wildman–Crippen LogP) is 2.09. The third-order valence-electron chi connectivity index (χ3n) is 5.42. The first-order valence-corrected chi connectivity index (χ1v) is 9.63. The molecular formula is C19H27N3O5. The molecule has 0 radical (unpaired) electrons. The highest BCUT2D eigenvalue weighted by atomic mass is 16.6. The Bertz CT molecular complexity index is 752. The zero-order valence-electron chi connectivity index (χ0n) is 15.7. The molecule has 2 fully saturated rings. The molecule has 2 N–H and O–H groups in total. The number of carbonyl (C=O) groups excluding carboxylic acids is 2. The van der Waals surface area contributed by atoms with E-state index in [9.17, 15) is 19.5 Å². The van der Waals surface area contributed by atoms with Crippen LogP contribution >= 0.6 is 0 Å². The summed E-state index contributed by atoms with van der Waals surface area (Å²) in [6.45, 7) is 4.32. The van der Waals surface area contributed by atoms with Gasteiger partial charge in [0.05, 0.1) is 12.1 Å². The molecule has 1 spiro atoms. The van der Waals surface area contributed by atoms with Gasteiger partial charge in [0.2, 0.25) is 0 Å². The van der Waals surface area contributed by atoms with E-state index in [1.54, 1.807) is 9.80 Å². The molecular weight excluding hydrogens is 350 g/mol. The van der Waals surface area contributed by atoms with Gasteiger partial charge in [0.1, 0.15) is 11.4 Å². The van der Waals surface area contributed by atoms with E-state index in [1.165, 1.54) is 12.6 Å². The lowest BCUT2D eigenvalue weighted by molar-refractivity contribution is 0.00307. The highest BCUT2D eigenvalue weighted by Crippen LogP contribution is 2.34. The number of hydrogen-bond donors (Lipinski definition) is 2. The van der Waals surface area contributed by atoms with Crippen molar-refractivity contribution in [2.75, 3.05) is 26.2 Å². The van der Waals surface area contributed by atoms with E-state index in [0.717, 1.165) is 25.3 Å². The third kappa shape index (κ3) is 4.26. The standard InChI is InChI=1S/C19H27N3O5/c1-2-3-4-5-8-22-13-19(27-18(22)26)6-9-21(10-7-19)17(25)14-12-20-16(24)11-15(14)23/h11-12H,2-10,13H2,1H3,(H2,20,23,24). The van der Waals surface area contributed by atoms with Crippen LogP contribution < -0.4 is 5.56 Å². The number of rotatable bonds is 6. The van der Waals surface area contributed by atoms with Crippen molar-refractivity contribution < 1.29 is 19.4 Å². The van der Waals surface area contributed by atoms with Crippen molar-refractivity contribution in [3.05, 3.63) is 28.2 Å². The normalized spacial score (nSPS) is 18.8. The monoisotopic (exact) mass is 377 g/mol. The smallest absolute Gasteiger partial charge is 0.410 e. The number of pyridine rings is 1. The zero-order valence-corrected chi connectivity index (χ0v) is 15.7. The van der Waals surface area contributed by atoms with Crippen molar-refractivity contribution in [1.82, 2.24) is 14.8 Å². The Kier molecular flexibility index (Phi) is 5.72. The summed E-state index contributed by atoms with van der Waals surface area (Å²) >= 11 is 0. The summed E-state index contributed by atoms with van der Waals surface area (Å²) in [7, 11) is 0. The van der Waals surface area contributed by atoms with Crippen molar-refractivity contribution in [2.24, 2.45) is 0 Å². The second-order valence-electron chi connectivity index (χ2n) is 7.42. The summed E-state index contributed by atoms with van der Waals surface area (Å²) in [5.74, 6) is -0.658. The minimum absolute atomic E-state index is 0.0755. The maximum absolute atomic E-state index is 12.6. The SMILES string of the molecule is CCCCCCN1CC2(CCN(C(=O)c3c[nH]c(=O)cc3O)CC2)OC1=O. The molecule has 0 atom stereocenters. The van der Waals surface area contributed by atoms with Crippen molar-refractivity contribution in [2.45, 2.75) is 51.0 Å². The van der Waals surface area contributed by atoms with Crippen LogP contribution in [0.2, 0.25) is 0 Å². The maximum Gasteiger partial charge on any atom is 0.410 e. The number of nitrogens with one attached hydrogen (secondary N) is 1. The average Bonchev–Trinajstić information content (AvgIpc) is 2.94. The summed E-state index contributed by atoms with van der Waals surface area (Å²) in [5.41, 5.74) is -0.906. The van der Waals surface area contributed by atoms with Crippen molar-refractivity contribution in [3.63, 3.8) is 0 Å². The number of piperidine rings is 1. The molecule has 1 aromatic rings. The number of amides is 2. The summed E-state index contributed by atoms with van der Waals surface area (Å²) in [6.07, 6.45) is 6.53. The Balaban J connectivity index is 1.56. The molecule has 1 aromatic heterocycles. The second kappa shape index (κ2) is 8.02. The summed E-state index contributed by atoms with van der Waals surface area (Å²) in [4.78, 5) is 41.8. The summed E-state index contributed by atoms with van der Waals surface area (Å²) < 4.78 is 5.68. The molecule has 3 heterocycles. The number of aromatic amines is 1. The van der Waals surface area contributed by atoms with E-state index in [0.29, 0.717) is 39.0 Å². The van der Waals surface area contributed by atoms with Gasteiger partial charge >= 0.3 is 6.09 Å². The first-order chi connectivity index (χ1) is 12.9. The van der Waals surface area contributed by atoms with E-state index in [2.05, 4.69) is 11.9 Å². The number of aromatic nitrogens is 1. The molecule has 8 heteroatoms. The fourth-order valence-electron chi connectivity index (χ4n) is 3.77. The zero-order chi connectivity index (χ0) is 19.4. The molecule has 0 bridgehead atoms. The molecule has 0 unspecified atom stereocenters. The van der Waals surface area contributed by atoms with E-state index < -0.39 is 11.2 Å². The predicted molar refractivity (Wildman–Crippen MR) is 98.8 cm³/mol. The number of aromatic hydroxyl groups is 1. The summed E-state index contributed by atoms with van der Waals surface area (Å²) in [5, 5.41) is 9.84. The number of nitrogens with zero attached hydrogens (tertiary/aromatic N) is 2. The molecule has 2 aliphatic rings. The Labute approximate surface area is 158 Å². The first kappa shape index (κ1) is 19.3. The van der Waals surface area contributed by atoms with Crippen LogP contribution in [0.4, 0.5) is 4.79 Å². The molecule has 8 nitrogen and oxygen atoms in total. The van der Waals surface area contributed by atoms with Crippen LogP contribution in [-0.2, 0) is 4.74 Å². The third-order valence-corrected chi connectivity index (χ3v) is 5.42.